The number of nitrogens with one attached hydrogen (secondary N) is 1. The molecule has 0 aromatic rings. The van der Waals surface area contributed by atoms with Gasteiger partial charge in [0.25, 0.3) is 0 Å². The molecule has 0 radical (unpaired) electrons. The van der Waals surface area contributed by atoms with Crippen LogP contribution in [-0.4, -0.2) is 41.5 Å². The van der Waals surface area contributed by atoms with E-state index in [2.05, 4.69) is 10.3 Å². The SMILES string of the molecule is O=C(O)C1(C2=NCCN2)CCSCC1. The molecule has 5 heteroatoms. The lowest BCUT2D eigenvalue weighted by Crippen LogP contribution is -2.47. The maximum atomic E-state index is 11.3. The molecule has 0 spiro atoms. The Hall–Kier alpha value is -0.710. The Morgan fingerprint density at radius 1 is 1.50 bits per heavy atom. The van der Waals surface area contributed by atoms with Crippen LogP contribution in [0.1, 0.15) is 12.8 Å². The van der Waals surface area contributed by atoms with Crippen molar-refractivity contribution in [2.45, 2.75) is 12.8 Å². The van der Waals surface area contributed by atoms with Crippen molar-refractivity contribution in [3.05, 3.63) is 0 Å². The molecule has 0 saturated carbocycles. The van der Waals surface area contributed by atoms with Crippen LogP contribution in [0.25, 0.3) is 0 Å². The van der Waals surface area contributed by atoms with E-state index in [4.69, 9.17) is 0 Å². The summed E-state index contributed by atoms with van der Waals surface area (Å²) < 4.78 is 0. The monoisotopic (exact) mass is 214 g/mol. The Kier molecular flexibility index (Phi) is 2.67. The summed E-state index contributed by atoms with van der Waals surface area (Å²) in [6.07, 6.45) is 1.41. The molecule has 0 amide bonds. The fourth-order valence-corrected chi connectivity index (χ4v) is 3.18. The molecule has 2 rings (SSSR count). The summed E-state index contributed by atoms with van der Waals surface area (Å²) in [5.74, 6) is 1.84. The molecule has 0 aliphatic carbocycles. The van der Waals surface area contributed by atoms with E-state index in [1.165, 1.54) is 0 Å². The number of rotatable bonds is 2. The second kappa shape index (κ2) is 3.81. The summed E-state index contributed by atoms with van der Waals surface area (Å²) >= 11 is 1.83. The standard InChI is InChI=1S/C9H14N2O2S/c12-8(13)9(1-5-14-6-2-9)7-10-3-4-11-7/h1-6H2,(H,10,11)(H,12,13). The lowest BCUT2D eigenvalue weighted by Gasteiger charge is -2.32. The first-order valence-electron chi connectivity index (χ1n) is 4.86. The van der Waals surface area contributed by atoms with E-state index in [9.17, 15) is 9.90 Å². The van der Waals surface area contributed by atoms with Gasteiger partial charge in [0.1, 0.15) is 11.3 Å². The van der Waals surface area contributed by atoms with Gasteiger partial charge in [0.2, 0.25) is 0 Å². The molecule has 1 saturated heterocycles. The van der Waals surface area contributed by atoms with E-state index < -0.39 is 11.4 Å². The van der Waals surface area contributed by atoms with Gasteiger partial charge in [0, 0.05) is 6.54 Å². The Morgan fingerprint density at radius 3 is 2.71 bits per heavy atom. The Labute approximate surface area is 87.2 Å². The highest BCUT2D eigenvalue weighted by Crippen LogP contribution is 2.36. The molecule has 0 bridgehead atoms. The van der Waals surface area contributed by atoms with Crippen LogP contribution in [0.15, 0.2) is 4.99 Å². The van der Waals surface area contributed by atoms with Crippen LogP contribution in [0.3, 0.4) is 0 Å². The van der Waals surface area contributed by atoms with Gasteiger partial charge in [0.15, 0.2) is 0 Å². The number of nitrogens with zero attached hydrogens (tertiary/aromatic N) is 1. The topological polar surface area (TPSA) is 61.7 Å². The highest BCUT2D eigenvalue weighted by Gasteiger charge is 2.45. The number of aliphatic imine (C=N–C) groups is 1. The fourth-order valence-electron chi connectivity index (χ4n) is 1.99. The molecular weight excluding hydrogens is 200 g/mol. The van der Waals surface area contributed by atoms with Gasteiger partial charge in [-0.25, -0.2) is 0 Å². The lowest BCUT2D eigenvalue weighted by molar-refractivity contribution is -0.145. The van der Waals surface area contributed by atoms with Crippen LogP contribution in [0.2, 0.25) is 0 Å². The van der Waals surface area contributed by atoms with Gasteiger partial charge in [-0.15, -0.1) is 0 Å². The molecule has 1 fully saturated rings. The molecule has 2 aliphatic heterocycles. The van der Waals surface area contributed by atoms with Gasteiger partial charge in [-0.05, 0) is 24.3 Å². The van der Waals surface area contributed by atoms with Crippen LogP contribution in [0.5, 0.6) is 0 Å². The van der Waals surface area contributed by atoms with Crippen molar-refractivity contribution < 1.29 is 9.90 Å². The van der Waals surface area contributed by atoms with E-state index in [1.807, 2.05) is 11.8 Å². The molecule has 4 nitrogen and oxygen atoms in total. The van der Waals surface area contributed by atoms with Crippen molar-refractivity contribution in [2.24, 2.45) is 10.4 Å². The van der Waals surface area contributed by atoms with Gasteiger partial charge in [-0.3, -0.25) is 9.79 Å². The van der Waals surface area contributed by atoms with E-state index in [0.29, 0.717) is 18.7 Å². The highest BCUT2D eigenvalue weighted by molar-refractivity contribution is 7.99. The van der Waals surface area contributed by atoms with Crippen LogP contribution in [0.4, 0.5) is 0 Å². The summed E-state index contributed by atoms with van der Waals surface area (Å²) in [4.78, 5) is 15.6. The zero-order valence-electron chi connectivity index (χ0n) is 7.95. The molecule has 0 unspecified atom stereocenters. The molecule has 0 aromatic carbocycles. The predicted octanol–water partition coefficient (Wildman–Crippen LogP) is 0.586. The van der Waals surface area contributed by atoms with Crippen molar-refractivity contribution in [3.63, 3.8) is 0 Å². The average molecular weight is 214 g/mol. The molecule has 2 heterocycles. The number of carboxylic acid groups (broad SMARTS) is 1. The van der Waals surface area contributed by atoms with Crippen LogP contribution >= 0.6 is 11.8 Å². The van der Waals surface area contributed by atoms with Crippen molar-refractivity contribution in [3.8, 4) is 0 Å². The summed E-state index contributed by atoms with van der Waals surface area (Å²) in [6.45, 7) is 1.51. The van der Waals surface area contributed by atoms with Crippen molar-refractivity contribution >= 4 is 23.6 Å². The molecule has 2 N–H and O–H groups in total. The third kappa shape index (κ3) is 1.49. The lowest BCUT2D eigenvalue weighted by atomic mass is 9.80. The number of hydrogen-bond donors (Lipinski definition) is 2. The number of thioether (sulfide) groups is 1. The molecular formula is C9H14N2O2S. The van der Waals surface area contributed by atoms with Crippen molar-refractivity contribution in [2.75, 3.05) is 24.6 Å². The van der Waals surface area contributed by atoms with Crippen LogP contribution in [0, 0.1) is 5.41 Å². The Bertz CT molecular complexity index is 272. The second-order valence-electron chi connectivity index (χ2n) is 3.66. The molecule has 2 aliphatic rings. The maximum absolute atomic E-state index is 11.3. The molecule has 78 valence electrons. The number of carbonyl (C=O) groups is 1. The number of carboxylic acids is 1. The molecule has 14 heavy (non-hydrogen) atoms. The van der Waals surface area contributed by atoms with Gasteiger partial charge < -0.3 is 10.4 Å². The maximum Gasteiger partial charge on any atom is 0.317 e. The Morgan fingerprint density at radius 2 is 2.21 bits per heavy atom. The van der Waals surface area contributed by atoms with Crippen LogP contribution in [-0.2, 0) is 4.79 Å². The van der Waals surface area contributed by atoms with Gasteiger partial charge in [0.05, 0.1) is 6.54 Å². The summed E-state index contributed by atoms with van der Waals surface area (Å²) in [5, 5.41) is 12.4. The fraction of sp³-hybridized carbons (Fsp3) is 0.778. The largest absolute Gasteiger partial charge is 0.480 e. The smallest absolute Gasteiger partial charge is 0.317 e. The van der Waals surface area contributed by atoms with Crippen molar-refractivity contribution in [1.29, 1.82) is 0 Å². The Balaban J connectivity index is 2.24. The predicted molar refractivity (Wildman–Crippen MR) is 56.9 cm³/mol. The normalized spacial score (nSPS) is 25.3. The van der Waals surface area contributed by atoms with Gasteiger partial charge >= 0.3 is 5.97 Å². The van der Waals surface area contributed by atoms with Crippen LogP contribution < -0.4 is 5.32 Å². The number of amidine groups is 1. The van der Waals surface area contributed by atoms with Crippen molar-refractivity contribution in [1.82, 2.24) is 5.32 Å². The zero-order chi connectivity index (χ0) is 10.0. The van der Waals surface area contributed by atoms with E-state index in [1.54, 1.807) is 0 Å². The third-order valence-electron chi connectivity index (χ3n) is 2.88. The highest BCUT2D eigenvalue weighted by atomic mass is 32.2. The first-order valence-corrected chi connectivity index (χ1v) is 6.01. The van der Waals surface area contributed by atoms with E-state index in [-0.39, 0.29) is 0 Å². The minimum atomic E-state index is -0.717. The first-order chi connectivity index (χ1) is 6.76. The summed E-state index contributed by atoms with van der Waals surface area (Å²) in [5.41, 5.74) is -0.707. The second-order valence-corrected chi connectivity index (χ2v) is 4.88. The number of hydrogen-bond acceptors (Lipinski definition) is 4. The summed E-state index contributed by atoms with van der Waals surface area (Å²) in [6, 6.07) is 0. The summed E-state index contributed by atoms with van der Waals surface area (Å²) in [7, 11) is 0. The van der Waals surface area contributed by atoms with E-state index in [0.717, 1.165) is 24.6 Å². The molecule has 0 atom stereocenters. The minimum absolute atomic E-state index is 0.707. The van der Waals surface area contributed by atoms with Gasteiger partial charge in [-0.1, -0.05) is 0 Å². The third-order valence-corrected chi connectivity index (χ3v) is 3.87. The average Bonchev–Trinajstić information content (AvgIpc) is 2.72. The zero-order valence-corrected chi connectivity index (χ0v) is 8.77. The number of aliphatic carboxylic acids is 1. The van der Waals surface area contributed by atoms with E-state index >= 15 is 0 Å². The molecule has 0 aromatic heterocycles. The van der Waals surface area contributed by atoms with Gasteiger partial charge in [-0.2, -0.15) is 11.8 Å². The first kappa shape index (κ1) is 9.83. The minimum Gasteiger partial charge on any atom is -0.480 e. The quantitative estimate of drug-likeness (QED) is 0.706.